The minimum atomic E-state index is -4.17. The van der Waals surface area contributed by atoms with Crippen molar-refractivity contribution in [3.05, 3.63) is 94.5 Å². The summed E-state index contributed by atoms with van der Waals surface area (Å²) in [5.74, 6) is -0.873. The van der Waals surface area contributed by atoms with Crippen molar-refractivity contribution in [3.8, 4) is 0 Å². The Hall–Kier alpha value is -3.07. The molecule has 2 atom stereocenters. The summed E-state index contributed by atoms with van der Waals surface area (Å²) in [6.45, 7) is 5.03. The Bertz CT molecular complexity index is 1360. The Morgan fingerprint density at radius 2 is 1.50 bits per heavy atom. The highest BCUT2D eigenvalue weighted by atomic mass is 35.5. The molecular formula is C28H31Cl2N3O4S. The zero-order chi connectivity index (χ0) is 27.9. The molecule has 0 aliphatic rings. The molecule has 0 bridgehead atoms. The summed E-state index contributed by atoms with van der Waals surface area (Å²) in [5, 5.41) is 3.30. The van der Waals surface area contributed by atoms with E-state index in [4.69, 9.17) is 23.2 Å². The standard InChI is InChI=1S/C28H31Cl2N3O4S/c1-4-20(2)31-28(35)21(3)32(18-22-11-7-5-8-12-22)27(34)19-33(23-15-16-25(29)26(30)17-23)38(36,37)24-13-9-6-10-14-24/h5-17,20-21H,4,18-19H2,1-3H3,(H,31,35). The number of anilines is 1. The molecule has 7 nitrogen and oxygen atoms in total. The number of halogens is 2. The van der Waals surface area contributed by atoms with Crippen molar-refractivity contribution in [3.63, 3.8) is 0 Å². The molecule has 1 N–H and O–H groups in total. The summed E-state index contributed by atoms with van der Waals surface area (Å²) in [4.78, 5) is 28.3. The molecule has 0 heterocycles. The van der Waals surface area contributed by atoms with Crippen LogP contribution in [0.3, 0.4) is 0 Å². The van der Waals surface area contributed by atoms with E-state index in [2.05, 4.69) is 5.32 Å². The molecule has 0 aliphatic heterocycles. The molecular weight excluding hydrogens is 545 g/mol. The summed E-state index contributed by atoms with van der Waals surface area (Å²) in [5.41, 5.74) is 0.976. The monoisotopic (exact) mass is 575 g/mol. The maximum absolute atomic E-state index is 13.8. The van der Waals surface area contributed by atoms with E-state index in [-0.39, 0.29) is 39.1 Å². The van der Waals surface area contributed by atoms with E-state index >= 15 is 0 Å². The second-order valence-electron chi connectivity index (χ2n) is 8.92. The summed E-state index contributed by atoms with van der Waals surface area (Å²) in [6.07, 6.45) is 0.728. The maximum atomic E-state index is 13.8. The van der Waals surface area contributed by atoms with Crippen LogP contribution in [0.15, 0.2) is 83.8 Å². The molecule has 3 aromatic rings. The minimum Gasteiger partial charge on any atom is -0.352 e. The normalized spacial score (nSPS) is 12.9. The second-order valence-corrected chi connectivity index (χ2v) is 11.6. The molecule has 0 saturated heterocycles. The highest BCUT2D eigenvalue weighted by Gasteiger charge is 2.33. The van der Waals surface area contributed by atoms with E-state index in [0.717, 1.165) is 16.3 Å². The lowest BCUT2D eigenvalue weighted by atomic mass is 10.1. The van der Waals surface area contributed by atoms with Gasteiger partial charge < -0.3 is 10.2 Å². The molecule has 38 heavy (non-hydrogen) atoms. The van der Waals surface area contributed by atoms with Gasteiger partial charge in [-0.25, -0.2) is 8.42 Å². The Balaban J connectivity index is 2.02. The molecule has 2 amide bonds. The number of carbonyl (C=O) groups is 2. The van der Waals surface area contributed by atoms with Crippen LogP contribution in [0.4, 0.5) is 5.69 Å². The largest absolute Gasteiger partial charge is 0.352 e. The molecule has 3 rings (SSSR count). The van der Waals surface area contributed by atoms with Crippen molar-refractivity contribution < 1.29 is 18.0 Å². The summed E-state index contributed by atoms with van der Waals surface area (Å²) in [6, 6.07) is 20.5. The van der Waals surface area contributed by atoms with E-state index in [1.807, 2.05) is 44.2 Å². The van der Waals surface area contributed by atoms with Crippen molar-refractivity contribution in [2.24, 2.45) is 0 Å². The summed E-state index contributed by atoms with van der Waals surface area (Å²) in [7, 11) is -4.17. The Morgan fingerprint density at radius 3 is 2.08 bits per heavy atom. The lowest BCUT2D eigenvalue weighted by molar-refractivity contribution is -0.139. The first-order valence-electron chi connectivity index (χ1n) is 12.2. The van der Waals surface area contributed by atoms with Gasteiger partial charge in [-0.2, -0.15) is 0 Å². The number of nitrogens with one attached hydrogen (secondary N) is 1. The average molecular weight is 577 g/mol. The number of hydrogen-bond acceptors (Lipinski definition) is 4. The maximum Gasteiger partial charge on any atom is 0.264 e. The molecule has 0 aromatic heterocycles. The van der Waals surface area contributed by atoms with E-state index in [1.165, 1.54) is 35.2 Å². The lowest BCUT2D eigenvalue weighted by Gasteiger charge is -2.32. The van der Waals surface area contributed by atoms with Crippen LogP contribution in [-0.4, -0.2) is 43.8 Å². The van der Waals surface area contributed by atoms with Gasteiger partial charge in [0, 0.05) is 12.6 Å². The van der Waals surface area contributed by atoms with E-state index < -0.39 is 28.5 Å². The first-order chi connectivity index (χ1) is 18.0. The Kier molecular flexibility index (Phi) is 10.2. The number of amides is 2. The van der Waals surface area contributed by atoms with Gasteiger partial charge in [0.25, 0.3) is 10.0 Å². The number of rotatable bonds is 11. The van der Waals surface area contributed by atoms with Crippen LogP contribution in [0.1, 0.15) is 32.8 Å². The van der Waals surface area contributed by atoms with Gasteiger partial charge in [0.05, 0.1) is 20.6 Å². The fourth-order valence-corrected chi connectivity index (χ4v) is 5.44. The van der Waals surface area contributed by atoms with Crippen molar-refractivity contribution in [1.82, 2.24) is 10.2 Å². The minimum absolute atomic E-state index is 0.0102. The van der Waals surface area contributed by atoms with Crippen LogP contribution in [0.5, 0.6) is 0 Å². The number of sulfonamides is 1. The number of carbonyl (C=O) groups excluding carboxylic acids is 2. The van der Waals surface area contributed by atoms with Crippen LogP contribution in [0.25, 0.3) is 0 Å². The van der Waals surface area contributed by atoms with Gasteiger partial charge in [-0.1, -0.05) is 78.7 Å². The third kappa shape index (κ3) is 7.28. The molecule has 2 unspecified atom stereocenters. The quantitative estimate of drug-likeness (QED) is 0.326. The van der Waals surface area contributed by atoms with Gasteiger partial charge in [-0.15, -0.1) is 0 Å². The first-order valence-corrected chi connectivity index (χ1v) is 14.4. The molecule has 202 valence electrons. The molecule has 0 spiro atoms. The fraction of sp³-hybridized carbons (Fsp3) is 0.286. The zero-order valence-corrected chi connectivity index (χ0v) is 23.8. The Labute approximate surface area is 234 Å². The van der Waals surface area contributed by atoms with Crippen LogP contribution >= 0.6 is 23.2 Å². The van der Waals surface area contributed by atoms with E-state index in [9.17, 15) is 18.0 Å². The smallest absolute Gasteiger partial charge is 0.264 e. The third-order valence-corrected chi connectivity index (χ3v) is 8.69. The fourth-order valence-electron chi connectivity index (χ4n) is 3.72. The zero-order valence-electron chi connectivity index (χ0n) is 21.5. The van der Waals surface area contributed by atoms with Crippen LogP contribution in [0.2, 0.25) is 10.0 Å². The number of nitrogens with zero attached hydrogens (tertiary/aromatic N) is 2. The first kappa shape index (κ1) is 29.5. The highest BCUT2D eigenvalue weighted by Crippen LogP contribution is 2.30. The van der Waals surface area contributed by atoms with Gasteiger partial charge in [0.2, 0.25) is 11.8 Å². The van der Waals surface area contributed by atoms with Crippen molar-refractivity contribution in [1.29, 1.82) is 0 Å². The molecule has 0 radical (unpaired) electrons. The van der Waals surface area contributed by atoms with Crippen molar-refractivity contribution in [2.45, 2.75) is 50.7 Å². The summed E-state index contributed by atoms with van der Waals surface area (Å²) >= 11 is 12.3. The Morgan fingerprint density at radius 1 is 0.895 bits per heavy atom. The summed E-state index contributed by atoms with van der Waals surface area (Å²) < 4.78 is 28.5. The predicted molar refractivity (Wildman–Crippen MR) is 152 cm³/mol. The molecule has 0 aliphatic carbocycles. The molecule has 3 aromatic carbocycles. The van der Waals surface area contributed by atoms with Gasteiger partial charge in [0.15, 0.2) is 0 Å². The van der Waals surface area contributed by atoms with Crippen LogP contribution in [0, 0.1) is 0 Å². The third-order valence-electron chi connectivity index (χ3n) is 6.17. The topological polar surface area (TPSA) is 86.8 Å². The predicted octanol–water partition coefficient (Wildman–Crippen LogP) is 5.52. The van der Waals surface area contributed by atoms with Crippen molar-refractivity contribution >= 4 is 50.7 Å². The number of benzene rings is 3. The second kappa shape index (κ2) is 13.1. The van der Waals surface area contributed by atoms with Crippen LogP contribution < -0.4 is 9.62 Å². The van der Waals surface area contributed by atoms with Crippen molar-refractivity contribution in [2.75, 3.05) is 10.8 Å². The van der Waals surface area contributed by atoms with E-state index in [0.29, 0.717) is 0 Å². The highest BCUT2D eigenvalue weighted by molar-refractivity contribution is 7.92. The van der Waals surface area contributed by atoms with Gasteiger partial charge in [-0.3, -0.25) is 13.9 Å². The van der Waals surface area contributed by atoms with Gasteiger partial charge >= 0.3 is 0 Å². The molecule has 0 saturated carbocycles. The SMILES string of the molecule is CCC(C)NC(=O)C(C)N(Cc1ccccc1)C(=O)CN(c1ccc(Cl)c(Cl)c1)S(=O)(=O)c1ccccc1. The van der Waals surface area contributed by atoms with E-state index in [1.54, 1.807) is 25.1 Å². The average Bonchev–Trinajstić information content (AvgIpc) is 2.92. The molecule has 10 heteroatoms. The van der Waals surface area contributed by atoms with Gasteiger partial charge in [-0.05, 0) is 56.2 Å². The van der Waals surface area contributed by atoms with Crippen LogP contribution in [-0.2, 0) is 26.2 Å². The lowest BCUT2D eigenvalue weighted by Crippen LogP contribution is -2.52. The molecule has 0 fully saturated rings. The van der Waals surface area contributed by atoms with Gasteiger partial charge in [0.1, 0.15) is 12.6 Å². The number of hydrogen-bond donors (Lipinski definition) is 1.